The molecule has 5 nitrogen and oxygen atoms in total. The Morgan fingerprint density at radius 2 is 2.04 bits per heavy atom. The van der Waals surface area contributed by atoms with Crippen molar-refractivity contribution in [3.05, 3.63) is 17.8 Å². The van der Waals surface area contributed by atoms with E-state index in [1.165, 1.54) is 6.33 Å². The lowest BCUT2D eigenvalue weighted by atomic mass is 9.80. The zero-order valence-electron chi connectivity index (χ0n) is 15.4. The van der Waals surface area contributed by atoms with Gasteiger partial charge in [0.2, 0.25) is 11.8 Å². The van der Waals surface area contributed by atoms with E-state index in [-0.39, 0.29) is 36.5 Å². The summed E-state index contributed by atoms with van der Waals surface area (Å²) in [5.74, 6) is -3.78. The van der Waals surface area contributed by atoms with Crippen LogP contribution in [0.15, 0.2) is 6.33 Å². The Balaban J connectivity index is 1.70. The summed E-state index contributed by atoms with van der Waals surface area (Å²) in [6, 6.07) is -0.0994. The number of nitrogens with zero attached hydrogens (tertiary/aromatic N) is 4. The van der Waals surface area contributed by atoms with Crippen LogP contribution in [0, 0.1) is 11.7 Å². The smallest absolute Gasteiger partial charge is 0.249 e. The number of piperidine rings is 1. The SMILES string of the molecule is CC(C)c1ncnc(N(C)C2CCCN(C(=O)C3CC(F)(F)C3)C2)c1F. The van der Waals surface area contributed by atoms with Crippen molar-refractivity contribution >= 4 is 11.7 Å². The minimum Gasteiger partial charge on any atom is -0.352 e. The third-order valence-corrected chi connectivity index (χ3v) is 5.37. The number of likely N-dealkylation sites (N-methyl/N-ethyl adjacent to an activating group) is 1. The fraction of sp³-hybridized carbons (Fsp3) is 0.722. The summed E-state index contributed by atoms with van der Waals surface area (Å²) in [4.78, 5) is 24.0. The second-order valence-corrected chi connectivity index (χ2v) is 7.70. The van der Waals surface area contributed by atoms with Gasteiger partial charge in [0.25, 0.3) is 0 Å². The van der Waals surface area contributed by atoms with Crippen LogP contribution < -0.4 is 4.90 Å². The lowest BCUT2D eigenvalue weighted by Gasteiger charge is -2.42. The second-order valence-electron chi connectivity index (χ2n) is 7.70. The fourth-order valence-electron chi connectivity index (χ4n) is 3.76. The molecule has 1 aromatic heterocycles. The third-order valence-electron chi connectivity index (χ3n) is 5.37. The Kier molecular flexibility index (Phi) is 5.12. The molecule has 0 spiro atoms. The normalized spacial score (nSPS) is 23.0. The van der Waals surface area contributed by atoms with Crippen LogP contribution in [0.4, 0.5) is 19.0 Å². The third kappa shape index (κ3) is 3.64. The van der Waals surface area contributed by atoms with Gasteiger partial charge >= 0.3 is 0 Å². The second kappa shape index (κ2) is 7.04. The molecule has 1 saturated heterocycles. The number of halogens is 3. The highest BCUT2D eigenvalue weighted by atomic mass is 19.3. The first-order chi connectivity index (χ1) is 12.2. The monoisotopic (exact) mass is 370 g/mol. The molecular formula is C18H25F3N4O. The summed E-state index contributed by atoms with van der Waals surface area (Å²) in [5, 5.41) is 0. The molecule has 1 aliphatic carbocycles. The van der Waals surface area contributed by atoms with E-state index in [9.17, 15) is 18.0 Å². The molecule has 0 N–H and O–H groups in total. The molecule has 0 bridgehead atoms. The van der Waals surface area contributed by atoms with E-state index < -0.39 is 17.7 Å². The molecule has 1 aromatic rings. The molecule has 8 heteroatoms. The number of carbonyl (C=O) groups is 1. The number of anilines is 1. The number of hydrogen-bond donors (Lipinski definition) is 0. The summed E-state index contributed by atoms with van der Waals surface area (Å²) in [6.45, 7) is 4.70. The largest absolute Gasteiger partial charge is 0.352 e. The van der Waals surface area contributed by atoms with E-state index in [1.54, 1.807) is 16.8 Å². The first kappa shape index (κ1) is 18.9. The number of likely N-dealkylation sites (tertiary alicyclic amines) is 1. The molecule has 144 valence electrons. The maximum atomic E-state index is 14.7. The van der Waals surface area contributed by atoms with Crippen LogP contribution in [0.5, 0.6) is 0 Å². The van der Waals surface area contributed by atoms with Gasteiger partial charge in [0.1, 0.15) is 6.33 Å². The van der Waals surface area contributed by atoms with Crippen molar-refractivity contribution in [2.24, 2.45) is 5.92 Å². The van der Waals surface area contributed by atoms with E-state index in [0.717, 1.165) is 12.8 Å². The maximum absolute atomic E-state index is 14.7. The number of hydrogen-bond acceptors (Lipinski definition) is 4. The van der Waals surface area contributed by atoms with Crippen molar-refractivity contribution in [3.63, 3.8) is 0 Å². The molecule has 1 unspecified atom stereocenters. The van der Waals surface area contributed by atoms with E-state index in [2.05, 4.69) is 9.97 Å². The zero-order valence-corrected chi connectivity index (χ0v) is 15.4. The van der Waals surface area contributed by atoms with E-state index in [4.69, 9.17) is 0 Å². The van der Waals surface area contributed by atoms with Crippen LogP contribution in [0.25, 0.3) is 0 Å². The fourth-order valence-corrected chi connectivity index (χ4v) is 3.76. The predicted octanol–water partition coefficient (Wildman–Crippen LogP) is 3.21. The van der Waals surface area contributed by atoms with Crippen LogP contribution in [0.2, 0.25) is 0 Å². The highest BCUT2D eigenvalue weighted by molar-refractivity contribution is 5.80. The molecule has 2 heterocycles. The van der Waals surface area contributed by atoms with E-state index in [1.807, 2.05) is 13.8 Å². The van der Waals surface area contributed by atoms with Gasteiger partial charge in [0.05, 0.1) is 5.69 Å². The zero-order chi connectivity index (χ0) is 19.1. The van der Waals surface area contributed by atoms with Gasteiger partial charge in [0, 0.05) is 44.9 Å². The summed E-state index contributed by atoms with van der Waals surface area (Å²) in [6.07, 6.45) is 2.18. The number of carbonyl (C=O) groups excluding carboxylic acids is 1. The molecule has 0 radical (unpaired) electrons. The topological polar surface area (TPSA) is 49.3 Å². The quantitative estimate of drug-likeness (QED) is 0.817. The number of amides is 1. The molecule has 0 aromatic carbocycles. The van der Waals surface area contributed by atoms with Gasteiger partial charge in [-0.2, -0.15) is 0 Å². The van der Waals surface area contributed by atoms with Crippen molar-refractivity contribution in [1.82, 2.24) is 14.9 Å². The minimum absolute atomic E-state index is 0.0603. The summed E-state index contributed by atoms with van der Waals surface area (Å²) >= 11 is 0. The average Bonchev–Trinajstić information content (AvgIpc) is 2.58. The standard InChI is InChI=1S/C18H25F3N4O/c1-11(2)15-14(19)16(23-10-22-15)24(3)13-5-4-6-25(9-13)17(26)12-7-18(20,21)8-12/h10-13H,4-9H2,1-3H3. The molecule has 1 atom stereocenters. The van der Waals surface area contributed by atoms with Crippen LogP contribution in [0.1, 0.15) is 51.1 Å². The van der Waals surface area contributed by atoms with Crippen molar-refractivity contribution in [1.29, 1.82) is 0 Å². The summed E-state index contributed by atoms with van der Waals surface area (Å²) in [7, 11) is 1.76. The van der Waals surface area contributed by atoms with Crippen molar-refractivity contribution in [3.8, 4) is 0 Å². The average molecular weight is 370 g/mol. The van der Waals surface area contributed by atoms with E-state index >= 15 is 0 Å². The summed E-state index contributed by atoms with van der Waals surface area (Å²) < 4.78 is 40.8. The molecule has 1 amide bonds. The van der Waals surface area contributed by atoms with E-state index in [0.29, 0.717) is 18.8 Å². The van der Waals surface area contributed by atoms with Gasteiger partial charge < -0.3 is 9.80 Å². The molecule has 1 aliphatic heterocycles. The number of aromatic nitrogens is 2. The first-order valence-corrected chi connectivity index (χ1v) is 9.09. The molecule has 3 rings (SSSR count). The minimum atomic E-state index is -2.70. The highest BCUT2D eigenvalue weighted by Gasteiger charge is 2.50. The Morgan fingerprint density at radius 1 is 1.35 bits per heavy atom. The first-order valence-electron chi connectivity index (χ1n) is 9.09. The van der Waals surface area contributed by atoms with Crippen LogP contribution in [-0.4, -0.2) is 52.9 Å². The van der Waals surface area contributed by atoms with Crippen LogP contribution >= 0.6 is 0 Å². The Morgan fingerprint density at radius 3 is 2.65 bits per heavy atom. The van der Waals surface area contributed by atoms with Crippen molar-refractivity contribution in [2.45, 2.75) is 57.4 Å². The van der Waals surface area contributed by atoms with Crippen molar-refractivity contribution in [2.75, 3.05) is 25.0 Å². The maximum Gasteiger partial charge on any atom is 0.249 e. The molecular weight excluding hydrogens is 345 g/mol. The Bertz CT molecular complexity index is 674. The summed E-state index contributed by atoms with van der Waals surface area (Å²) in [5.41, 5.74) is 0.363. The van der Waals surface area contributed by atoms with Gasteiger partial charge in [0.15, 0.2) is 11.6 Å². The molecule has 2 fully saturated rings. The molecule has 26 heavy (non-hydrogen) atoms. The van der Waals surface area contributed by atoms with Gasteiger partial charge in [-0.1, -0.05) is 13.8 Å². The van der Waals surface area contributed by atoms with Gasteiger partial charge in [-0.05, 0) is 18.8 Å². The van der Waals surface area contributed by atoms with Crippen LogP contribution in [-0.2, 0) is 4.79 Å². The highest BCUT2D eigenvalue weighted by Crippen LogP contribution is 2.43. The predicted molar refractivity (Wildman–Crippen MR) is 91.8 cm³/mol. The Hall–Kier alpha value is -1.86. The molecule has 1 saturated carbocycles. The number of rotatable bonds is 4. The lowest BCUT2D eigenvalue weighted by Crippen LogP contribution is -2.53. The lowest BCUT2D eigenvalue weighted by molar-refractivity contribution is -0.160. The van der Waals surface area contributed by atoms with Crippen LogP contribution in [0.3, 0.4) is 0 Å². The van der Waals surface area contributed by atoms with Gasteiger partial charge in [-0.25, -0.2) is 23.1 Å². The Labute approximate surface area is 151 Å². The van der Waals surface area contributed by atoms with Gasteiger partial charge in [-0.3, -0.25) is 4.79 Å². The molecule has 2 aliphatic rings. The number of alkyl halides is 2. The van der Waals surface area contributed by atoms with Gasteiger partial charge in [-0.15, -0.1) is 0 Å². The van der Waals surface area contributed by atoms with Crippen molar-refractivity contribution < 1.29 is 18.0 Å².